The van der Waals surface area contributed by atoms with E-state index < -0.39 is 5.97 Å². The molecule has 0 saturated carbocycles. The maximum absolute atomic E-state index is 11.6. The summed E-state index contributed by atoms with van der Waals surface area (Å²) in [7, 11) is 1.35. The number of hydrogen-bond donors (Lipinski definition) is 1. The fourth-order valence-electron chi connectivity index (χ4n) is 2.08. The second-order valence-corrected chi connectivity index (χ2v) is 6.84. The Morgan fingerprint density at radius 1 is 1.58 bits per heavy atom. The molecule has 0 radical (unpaired) electrons. The molecule has 0 aliphatic carbocycles. The van der Waals surface area contributed by atoms with Crippen molar-refractivity contribution < 1.29 is 9.53 Å². The average Bonchev–Trinajstić information content (AvgIpc) is 2.76. The molecule has 0 spiro atoms. The van der Waals surface area contributed by atoms with Crippen LogP contribution < -0.4 is 5.73 Å². The summed E-state index contributed by atoms with van der Waals surface area (Å²) in [4.78, 5) is 15.9. The van der Waals surface area contributed by atoms with Crippen LogP contribution in [0.15, 0.2) is 0 Å². The lowest BCUT2D eigenvalue weighted by molar-refractivity contribution is 0.0595. The van der Waals surface area contributed by atoms with Gasteiger partial charge in [0.25, 0.3) is 0 Å². The van der Waals surface area contributed by atoms with Gasteiger partial charge >= 0.3 is 5.97 Å². The van der Waals surface area contributed by atoms with E-state index in [4.69, 9.17) is 10.5 Å². The molecule has 7 heteroatoms. The molecule has 1 aromatic rings. The van der Waals surface area contributed by atoms with Crippen molar-refractivity contribution in [2.24, 2.45) is 0 Å². The minimum Gasteiger partial charge on any atom is -0.464 e. The molecule has 1 atom stereocenters. The van der Waals surface area contributed by atoms with Crippen LogP contribution in [0.3, 0.4) is 0 Å². The number of esters is 1. The third-order valence-electron chi connectivity index (χ3n) is 3.05. The summed E-state index contributed by atoms with van der Waals surface area (Å²) >= 11 is 3.94. The van der Waals surface area contributed by atoms with Crippen molar-refractivity contribution in [2.75, 3.05) is 30.1 Å². The summed E-state index contributed by atoms with van der Waals surface area (Å²) in [6, 6.07) is 0. The van der Waals surface area contributed by atoms with Gasteiger partial charge in [0.05, 0.1) is 7.11 Å². The molecule has 106 valence electrons. The number of nitrogens with two attached hydrogens (primary N) is 1. The molecule has 1 fully saturated rings. The van der Waals surface area contributed by atoms with E-state index in [0.29, 0.717) is 11.1 Å². The number of rotatable bonds is 4. The fraction of sp³-hybridized carbons (Fsp3) is 0.667. The quantitative estimate of drug-likeness (QED) is 0.853. The molecule has 1 aromatic heterocycles. The van der Waals surface area contributed by atoms with Crippen molar-refractivity contribution >= 4 is 35.3 Å². The highest BCUT2D eigenvalue weighted by Crippen LogP contribution is 2.27. The molecule has 5 nitrogen and oxygen atoms in total. The van der Waals surface area contributed by atoms with Crippen LogP contribution >= 0.6 is 23.5 Å². The van der Waals surface area contributed by atoms with Gasteiger partial charge in [-0.3, -0.25) is 0 Å². The van der Waals surface area contributed by atoms with Gasteiger partial charge < -0.3 is 15.0 Å². The first-order valence-corrected chi connectivity index (χ1v) is 8.50. The molecule has 1 aliphatic rings. The highest BCUT2D eigenvalue weighted by molar-refractivity contribution is 8.06. The number of imidazole rings is 1. The zero-order valence-electron chi connectivity index (χ0n) is 11.2. The SMILES string of the molecule is CCc1nc(C(=O)OC)c(N)n1CC1CSCCS1. The van der Waals surface area contributed by atoms with E-state index in [1.54, 1.807) is 0 Å². The molecule has 2 N–H and O–H groups in total. The summed E-state index contributed by atoms with van der Waals surface area (Å²) in [5.74, 6) is 4.34. The zero-order valence-corrected chi connectivity index (χ0v) is 12.9. The van der Waals surface area contributed by atoms with Crippen molar-refractivity contribution in [1.82, 2.24) is 9.55 Å². The first kappa shape index (κ1) is 14.6. The standard InChI is InChI=1S/C12H19N3O2S2/c1-3-9-14-10(12(16)17-2)11(13)15(9)6-8-7-18-4-5-19-8/h8H,3-7,13H2,1-2H3. The number of aryl methyl sites for hydroxylation is 1. The van der Waals surface area contributed by atoms with E-state index in [2.05, 4.69) is 4.98 Å². The Morgan fingerprint density at radius 2 is 2.37 bits per heavy atom. The predicted octanol–water partition coefficient (Wildman–Crippen LogP) is 1.66. The van der Waals surface area contributed by atoms with Crippen molar-refractivity contribution in [2.45, 2.75) is 25.1 Å². The molecule has 2 heterocycles. The van der Waals surface area contributed by atoms with Crippen LogP contribution in [0.4, 0.5) is 5.82 Å². The number of carbonyl (C=O) groups excluding carboxylic acids is 1. The molecule has 0 amide bonds. The minimum absolute atomic E-state index is 0.243. The molecule has 2 rings (SSSR count). The smallest absolute Gasteiger partial charge is 0.360 e. The van der Waals surface area contributed by atoms with E-state index in [1.807, 2.05) is 35.0 Å². The lowest BCUT2D eigenvalue weighted by Gasteiger charge is -2.22. The van der Waals surface area contributed by atoms with Gasteiger partial charge in [0, 0.05) is 35.5 Å². The summed E-state index contributed by atoms with van der Waals surface area (Å²) in [5, 5.41) is 0.533. The number of methoxy groups -OCH3 is 1. The fourth-order valence-corrected chi connectivity index (χ4v) is 4.73. The van der Waals surface area contributed by atoms with Gasteiger partial charge in [0.15, 0.2) is 5.69 Å². The van der Waals surface area contributed by atoms with Gasteiger partial charge in [0.2, 0.25) is 0 Å². The third-order valence-corrected chi connectivity index (χ3v) is 5.88. The number of nitrogens with zero attached hydrogens (tertiary/aromatic N) is 2. The van der Waals surface area contributed by atoms with Gasteiger partial charge in [-0.2, -0.15) is 23.5 Å². The van der Waals surface area contributed by atoms with Crippen LogP contribution in [0.25, 0.3) is 0 Å². The Labute approximate surface area is 121 Å². The number of nitrogen functional groups attached to an aromatic ring is 1. The molecule has 0 bridgehead atoms. The Kier molecular flexibility index (Phi) is 5.04. The van der Waals surface area contributed by atoms with E-state index in [9.17, 15) is 4.79 Å². The van der Waals surface area contributed by atoms with E-state index in [1.165, 1.54) is 18.6 Å². The number of hydrogen-bond acceptors (Lipinski definition) is 6. The van der Waals surface area contributed by atoms with Crippen molar-refractivity contribution in [3.63, 3.8) is 0 Å². The van der Waals surface area contributed by atoms with Crippen molar-refractivity contribution in [3.8, 4) is 0 Å². The van der Waals surface area contributed by atoms with Crippen LogP contribution in [0, 0.1) is 0 Å². The molecule has 0 aromatic carbocycles. The molecule has 1 aliphatic heterocycles. The first-order chi connectivity index (χ1) is 9.17. The number of carbonyl (C=O) groups is 1. The van der Waals surface area contributed by atoms with Crippen LogP contribution in [0.1, 0.15) is 23.2 Å². The molecular formula is C12H19N3O2S2. The second kappa shape index (κ2) is 6.56. The Bertz CT molecular complexity index is 456. The van der Waals surface area contributed by atoms with Crippen LogP contribution in [-0.2, 0) is 17.7 Å². The lowest BCUT2D eigenvalue weighted by atomic mass is 10.4. The van der Waals surface area contributed by atoms with Gasteiger partial charge in [-0.1, -0.05) is 6.92 Å². The molecule has 1 unspecified atom stereocenters. The first-order valence-electron chi connectivity index (χ1n) is 6.29. The lowest BCUT2D eigenvalue weighted by Crippen LogP contribution is -2.22. The summed E-state index contributed by atoms with van der Waals surface area (Å²) in [5.41, 5.74) is 6.30. The monoisotopic (exact) mass is 301 g/mol. The largest absolute Gasteiger partial charge is 0.464 e. The maximum Gasteiger partial charge on any atom is 0.360 e. The maximum atomic E-state index is 11.6. The van der Waals surface area contributed by atoms with Crippen LogP contribution in [-0.4, -0.2) is 45.1 Å². The molecule has 1 saturated heterocycles. The molecule has 19 heavy (non-hydrogen) atoms. The van der Waals surface area contributed by atoms with Gasteiger partial charge in [0.1, 0.15) is 11.6 Å². The summed E-state index contributed by atoms with van der Waals surface area (Å²) in [6.45, 7) is 2.83. The zero-order chi connectivity index (χ0) is 13.8. The van der Waals surface area contributed by atoms with E-state index >= 15 is 0 Å². The number of anilines is 1. The predicted molar refractivity (Wildman–Crippen MR) is 80.9 cm³/mol. The van der Waals surface area contributed by atoms with Crippen LogP contribution in [0.5, 0.6) is 0 Å². The van der Waals surface area contributed by atoms with E-state index in [-0.39, 0.29) is 5.69 Å². The highest BCUT2D eigenvalue weighted by Gasteiger charge is 2.23. The third kappa shape index (κ3) is 3.20. The minimum atomic E-state index is -0.461. The van der Waals surface area contributed by atoms with Gasteiger partial charge in [-0.15, -0.1) is 0 Å². The Balaban J connectivity index is 2.22. The molecular weight excluding hydrogens is 282 g/mol. The number of ether oxygens (including phenoxy) is 1. The highest BCUT2D eigenvalue weighted by atomic mass is 32.2. The van der Waals surface area contributed by atoms with E-state index in [0.717, 1.165) is 24.5 Å². The second-order valence-electron chi connectivity index (χ2n) is 4.29. The number of thioether (sulfide) groups is 2. The topological polar surface area (TPSA) is 70.1 Å². The Hall–Kier alpha value is -0.820. The van der Waals surface area contributed by atoms with Gasteiger partial charge in [-0.25, -0.2) is 9.78 Å². The van der Waals surface area contributed by atoms with Crippen molar-refractivity contribution in [3.05, 3.63) is 11.5 Å². The Morgan fingerprint density at radius 3 is 2.95 bits per heavy atom. The normalized spacial score (nSPS) is 19.4. The summed E-state index contributed by atoms with van der Waals surface area (Å²) in [6.07, 6.45) is 0.756. The number of aromatic nitrogens is 2. The van der Waals surface area contributed by atoms with Crippen LogP contribution in [0.2, 0.25) is 0 Å². The van der Waals surface area contributed by atoms with Gasteiger partial charge in [-0.05, 0) is 0 Å². The summed E-state index contributed by atoms with van der Waals surface area (Å²) < 4.78 is 6.68. The van der Waals surface area contributed by atoms with Crippen molar-refractivity contribution in [1.29, 1.82) is 0 Å². The average molecular weight is 301 g/mol.